The summed E-state index contributed by atoms with van der Waals surface area (Å²) in [5.74, 6) is 0.892. The molecular formula is C16H28N2O. The molecule has 19 heavy (non-hydrogen) atoms. The minimum absolute atomic E-state index is 0.156. The van der Waals surface area contributed by atoms with Gasteiger partial charge in [0.2, 0.25) is 5.91 Å². The number of amides is 1. The van der Waals surface area contributed by atoms with E-state index in [9.17, 15) is 4.79 Å². The van der Waals surface area contributed by atoms with E-state index in [1.165, 1.54) is 25.7 Å². The topological polar surface area (TPSA) is 32.3 Å². The first-order valence-corrected chi connectivity index (χ1v) is 7.95. The second-order valence-corrected chi connectivity index (χ2v) is 8.04. The van der Waals surface area contributed by atoms with Crippen molar-refractivity contribution in [2.45, 2.75) is 84.0 Å². The second kappa shape index (κ2) is 4.21. The number of rotatable bonds is 2. The Kier molecular flexibility index (Phi) is 2.97. The number of hydrogen-bond acceptors (Lipinski definition) is 2. The first-order valence-electron chi connectivity index (χ1n) is 7.95. The van der Waals surface area contributed by atoms with Crippen LogP contribution in [0.25, 0.3) is 0 Å². The summed E-state index contributed by atoms with van der Waals surface area (Å²) in [6.07, 6.45) is 7.27. The smallest absolute Gasteiger partial charge is 0.244 e. The number of carbonyl (C=O) groups excluding carboxylic acids is 1. The molecule has 2 aliphatic carbocycles. The highest BCUT2D eigenvalue weighted by Crippen LogP contribution is 2.47. The summed E-state index contributed by atoms with van der Waals surface area (Å²) in [7, 11) is 0. The predicted octanol–water partition coefficient (Wildman–Crippen LogP) is 2.90. The van der Waals surface area contributed by atoms with E-state index in [4.69, 9.17) is 0 Å². The Balaban J connectivity index is 1.82. The lowest BCUT2D eigenvalue weighted by molar-refractivity contribution is -0.135. The fraction of sp³-hybridized carbons (Fsp3) is 0.938. The number of nitrogens with zero attached hydrogens (tertiary/aromatic N) is 1. The fourth-order valence-corrected chi connectivity index (χ4v) is 4.05. The lowest BCUT2D eigenvalue weighted by Gasteiger charge is -2.42. The second-order valence-electron chi connectivity index (χ2n) is 8.04. The first-order chi connectivity index (χ1) is 8.85. The third kappa shape index (κ3) is 2.20. The Bertz CT molecular complexity index is 384. The SMILES string of the molecule is CC(C)C1NC2(CC2)C(=O)N1C1CCCC(C)(C)C1. The molecule has 1 amide bonds. The summed E-state index contributed by atoms with van der Waals surface area (Å²) in [5, 5.41) is 3.64. The van der Waals surface area contributed by atoms with Crippen LogP contribution in [0.2, 0.25) is 0 Å². The summed E-state index contributed by atoms with van der Waals surface area (Å²) >= 11 is 0. The van der Waals surface area contributed by atoms with Gasteiger partial charge in [-0.3, -0.25) is 10.1 Å². The molecule has 3 aliphatic rings. The Hall–Kier alpha value is -0.570. The molecule has 0 bridgehead atoms. The maximum Gasteiger partial charge on any atom is 0.244 e. The van der Waals surface area contributed by atoms with Crippen molar-refractivity contribution in [3.05, 3.63) is 0 Å². The average molecular weight is 264 g/mol. The molecule has 1 aliphatic heterocycles. The number of carbonyl (C=O) groups is 1. The van der Waals surface area contributed by atoms with E-state index in [0.29, 0.717) is 23.3 Å². The molecule has 1 heterocycles. The third-order valence-corrected chi connectivity index (χ3v) is 5.32. The van der Waals surface area contributed by atoms with Crippen molar-refractivity contribution >= 4 is 5.91 Å². The maximum absolute atomic E-state index is 12.8. The van der Waals surface area contributed by atoms with Crippen molar-refractivity contribution in [3.63, 3.8) is 0 Å². The van der Waals surface area contributed by atoms with Crippen LogP contribution in [0.1, 0.15) is 66.2 Å². The van der Waals surface area contributed by atoms with Gasteiger partial charge in [-0.05, 0) is 43.4 Å². The molecular weight excluding hydrogens is 236 g/mol. The highest BCUT2D eigenvalue weighted by atomic mass is 16.2. The molecule has 0 aromatic heterocycles. The molecule has 0 radical (unpaired) electrons. The van der Waals surface area contributed by atoms with Gasteiger partial charge in [0.15, 0.2) is 0 Å². The van der Waals surface area contributed by atoms with Crippen LogP contribution in [-0.2, 0) is 4.79 Å². The summed E-state index contributed by atoms with van der Waals surface area (Å²) in [6.45, 7) is 9.16. The monoisotopic (exact) mass is 264 g/mol. The standard InChI is InChI=1S/C16H28N2O/c1-11(2)13-17-16(8-9-16)14(19)18(13)12-6-5-7-15(3,4)10-12/h11-13,17H,5-10H2,1-4H3. The predicted molar refractivity (Wildman–Crippen MR) is 76.6 cm³/mol. The molecule has 0 aromatic carbocycles. The average Bonchev–Trinajstić information content (AvgIpc) is 3.01. The van der Waals surface area contributed by atoms with Crippen molar-refractivity contribution in [1.82, 2.24) is 10.2 Å². The fourth-order valence-electron chi connectivity index (χ4n) is 4.05. The number of hydrogen-bond donors (Lipinski definition) is 1. The van der Waals surface area contributed by atoms with E-state index in [2.05, 4.69) is 37.9 Å². The van der Waals surface area contributed by atoms with Gasteiger partial charge in [0.25, 0.3) is 0 Å². The van der Waals surface area contributed by atoms with Crippen molar-refractivity contribution in [3.8, 4) is 0 Å². The van der Waals surface area contributed by atoms with Crippen molar-refractivity contribution in [1.29, 1.82) is 0 Å². The minimum atomic E-state index is -0.156. The molecule has 3 rings (SSSR count). The quantitative estimate of drug-likeness (QED) is 0.831. The lowest BCUT2D eigenvalue weighted by Crippen LogP contribution is -2.50. The van der Waals surface area contributed by atoms with Crippen molar-refractivity contribution in [2.24, 2.45) is 11.3 Å². The van der Waals surface area contributed by atoms with Gasteiger partial charge in [0.05, 0.1) is 11.7 Å². The molecule has 2 saturated carbocycles. The highest BCUT2D eigenvalue weighted by Gasteiger charge is 2.60. The summed E-state index contributed by atoms with van der Waals surface area (Å²) in [6, 6.07) is 0.455. The highest BCUT2D eigenvalue weighted by molar-refractivity contribution is 5.92. The normalized spacial score (nSPS) is 36.3. The van der Waals surface area contributed by atoms with E-state index < -0.39 is 0 Å². The molecule has 2 atom stereocenters. The van der Waals surface area contributed by atoms with Gasteiger partial charge in [-0.25, -0.2) is 0 Å². The number of nitrogens with one attached hydrogen (secondary N) is 1. The van der Waals surface area contributed by atoms with Crippen LogP contribution >= 0.6 is 0 Å². The van der Waals surface area contributed by atoms with Gasteiger partial charge in [0.1, 0.15) is 0 Å². The van der Waals surface area contributed by atoms with Crippen LogP contribution in [0, 0.1) is 11.3 Å². The molecule has 3 heteroatoms. The zero-order valence-electron chi connectivity index (χ0n) is 12.8. The zero-order valence-corrected chi connectivity index (χ0v) is 12.8. The molecule has 2 unspecified atom stereocenters. The van der Waals surface area contributed by atoms with Crippen LogP contribution in [-0.4, -0.2) is 28.6 Å². The van der Waals surface area contributed by atoms with Gasteiger partial charge in [-0.1, -0.05) is 34.1 Å². The van der Waals surface area contributed by atoms with Crippen LogP contribution in [0.3, 0.4) is 0 Å². The van der Waals surface area contributed by atoms with Crippen LogP contribution in [0.5, 0.6) is 0 Å². The van der Waals surface area contributed by atoms with Gasteiger partial charge in [-0.15, -0.1) is 0 Å². The van der Waals surface area contributed by atoms with E-state index in [0.717, 1.165) is 12.8 Å². The summed E-state index contributed by atoms with van der Waals surface area (Å²) < 4.78 is 0. The molecule has 1 saturated heterocycles. The maximum atomic E-state index is 12.8. The molecule has 3 nitrogen and oxygen atoms in total. The van der Waals surface area contributed by atoms with E-state index in [-0.39, 0.29) is 11.7 Å². The Morgan fingerprint density at radius 3 is 2.47 bits per heavy atom. The van der Waals surface area contributed by atoms with Gasteiger partial charge in [-0.2, -0.15) is 0 Å². The molecule has 1 spiro atoms. The van der Waals surface area contributed by atoms with E-state index in [1.54, 1.807) is 0 Å². The Morgan fingerprint density at radius 1 is 1.26 bits per heavy atom. The van der Waals surface area contributed by atoms with Gasteiger partial charge >= 0.3 is 0 Å². The third-order valence-electron chi connectivity index (χ3n) is 5.32. The molecule has 0 aromatic rings. The van der Waals surface area contributed by atoms with Gasteiger partial charge < -0.3 is 4.90 Å². The van der Waals surface area contributed by atoms with Crippen LogP contribution in [0.15, 0.2) is 0 Å². The summed E-state index contributed by atoms with van der Waals surface area (Å²) in [5.41, 5.74) is 0.237. The minimum Gasteiger partial charge on any atom is -0.322 e. The van der Waals surface area contributed by atoms with E-state index >= 15 is 0 Å². The first kappa shape index (κ1) is 13.4. The molecule has 3 fully saturated rings. The summed E-state index contributed by atoms with van der Waals surface area (Å²) in [4.78, 5) is 15.0. The largest absolute Gasteiger partial charge is 0.322 e. The Morgan fingerprint density at radius 2 is 1.95 bits per heavy atom. The molecule has 108 valence electrons. The van der Waals surface area contributed by atoms with Gasteiger partial charge in [0, 0.05) is 6.04 Å². The van der Waals surface area contributed by atoms with Crippen molar-refractivity contribution in [2.75, 3.05) is 0 Å². The molecule has 1 N–H and O–H groups in total. The Labute approximate surface area is 117 Å². The van der Waals surface area contributed by atoms with Crippen LogP contribution < -0.4 is 5.32 Å². The lowest BCUT2D eigenvalue weighted by atomic mass is 9.74. The van der Waals surface area contributed by atoms with E-state index in [1.807, 2.05) is 0 Å². The van der Waals surface area contributed by atoms with Crippen LogP contribution in [0.4, 0.5) is 0 Å². The zero-order chi connectivity index (χ0) is 13.8. The van der Waals surface area contributed by atoms with Crippen molar-refractivity contribution < 1.29 is 4.79 Å².